The Hall–Kier alpha value is 0.0949. The minimum Gasteiger partial charge on any atom is -0.756 e. The highest BCUT2D eigenvalue weighted by atomic mass is 31.2. The molecule has 1 rings (SSSR count). The van der Waals surface area contributed by atoms with Crippen molar-refractivity contribution in [3.8, 4) is 12.3 Å². The van der Waals surface area contributed by atoms with E-state index < -0.39 is 117 Å². The van der Waals surface area contributed by atoms with E-state index >= 15 is 0 Å². The van der Waals surface area contributed by atoms with Crippen LogP contribution in [0.25, 0.3) is 0 Å². The number of hydrogen-bond donors (Lipinski definition) is 0. The van der Waals surface area contributed by atoms with E-state index in [1.54, 1.807) is 0 Å². The van der Waals surface area contributed by atoms with Crippen LogP contribution in [-0.4, -0.2) is 99.2 Å². The first-order valence-corrected chi connectivity index (χ1v) is 23.0. The van der Waals surface area contributed by atoms with Crippen molar-refractivity contribution in [2.75, 3.05) is 73.2 Å². The Morgan fingerprint density at radius 2 is 0.885 bits per heavy atom. The molecule has 0 aromatic rings. The van der Waals surface area contributed by atoms with Gasteiger partial charge in [0, 0.05) is 19.5 Å². The number of hydrogen-bond acceptors (Lipinski definition) is 22. The Morgan fingerprint density at radius 3 is 1.19 bits per heavy atom. The molecule has 1 fully saturated rings. The molecule has 1 heterocycles. The van der Waals surface area contributed by atoms with E-state index in [4.69, 9.17) is 28.3 Å². The molecule has 0 aliphatic carbocycles. The predicted molar refractivity (Wildman–Crippen MR) is 169 cm³/mol. The molecular weight excluding hydrogens is 806 g/mol. The topological polar surface area (TPSA) is 311 Å². The fourth-order valence-corrected chi connectivity index (χ4v) is 7.52. The third kappa shape index (κ3) is 26.0. The molecule has 1 aliphatic rings. The van der Waals surface area contributed by atoms with Gasteiger partial charge in [0.15, 0.2) is 0 Å². The Bertz CT molecular complexity index is 1290. The van der Waals surface area contributed by atoms with Gasteiger partial charge in [-0.3, -0.25) is 22.8 Å². The zero-order valence-corrected chi connectivity index (χ0v) is 32.8. The van der Waals surface area contributed by atoms with Crippen LogP contribution >= 0.6 is 39.1 Å². The zero-order chi connectivity index (χ0) is 39.2. The second-order valence-corrected chi connectivity index (χ2v) is 17.4. The molecule has 0 aromatic carbocycles. The quantitative estimate of drug-likeness (QED) is 0.0367. The van der Waals surface area contributed by atoms with Gasteiger partial charge in [-0.25, -0.2) is 0 Å². The van der Waals surface area contributed by atoms with E-state index in [0.717, 1.165) is 0 Å². The zero-order valence-electron chi connectivity index (χ0n) is 28.3. The van der Waals surface area contributed by atoms with E-state index in [1.807, 2.05) is 0 Å². The molecule has 2 radical (unpaired) electrons. The highest BCUT2D eigenvalue weighted by Gasteiger charge is 2.33. The molecule has 28 heteroatoms. The van der Waals surface area contributed by atoms with Crippen molar-refractivity contribution >= 4 is 47.0 Å². The highest BCUT2D eigenvalue weighted by molar-refractivity contribution is 7.46. The van der Waals surface area contributed by atoms with Gasteiger partial charge >= 0.3 is 0 Å². The molecule has 22 nitrogen and oxygen atoms in total. The summed E-state index contributed by atoms with van der Waals surface area (Å²) in [6, 6.07) is -0.629. The highest BCUT2D eigenvalue weighted by Crippen LogP contribution is 2.43. The number of rotatable bonds is 33. The number of terminal acetylenes is 1. The average molecular weight is 849 g/mol. The smallest absolute Gasteiger partial charge is 0.267 e. The van der Waals surface area contributed by atoms with Gasteiger partial charge in [-0.2, -0.15) is 0 Å². The number of phosphoric acid groups is 5. The number of phosphoric ester groups is 5. The lowest BCUT2D eigenvalue weighted by molar-refractivity contribution is -0.230. The summed E-state index contributed by atoms with van der Waals surface area (Å²) in [7, 11) is -16.8. The molecular formula is C24H43BO22P5-5. The SMILES string of the molecule is [B]C1CC(OC)C(COP(=O)([O-])OCCCOP(=O)([O-])OCCCOP(=O)([O-])OCCCOP(=O)([O-])OCCCOP(=O)([O-])OCCCCC#C)O1. The van der Waals surface area contributed by atoms with E-state index in [1.165, 1.54) is 7.11 Å². The molecule has 304 valence electrons. The summed E-state index contributed by atoms with van der Waals surface area (Å²) in [6.07, 6.45) is 4.93. The van der Waals surface area contributed by atoms with Crippen molar-refractivity contribution in [2.45, 2.75) is 69.6 Å². The Labute approximate surface area is 303 Å². The maximum atomic E-state index is 11.9. The fourth-order valence-electron chi connectivity index (χ4n) is 3.65. The van der Waals surface area contributed by atoms with Crippen molar-refractivity contribution in [1.29, 1.82) is 0 Å². The van der Waals surface area contributed by atoms with Crippen LogP contribution in [0.15, 0.2) is 0 Å². The van der Waals surface area contributed by atoms with Crippen LogP contribution in [0.3, 0.4) is 0 Å². The van der Waals surface area contributed by atoms with Crippen LogP contribution < -0.4 is 24.5 Å². The number of ether oxygens (including phenoxy) is 2. The fraction of sp³-hybridized carbons (Fsp3) is 0.917. The minimum atomic E-state index is -4.85. The molecule has 1 saturated heterocycles. The molecule has 8 unspecified atom stereocenters. The van der Waals surface area contributed by atoms with Gasteiger partial charge in [-0.1, -0.05) is 0 Å². The van der Waals surface area contributed by atoms with E-state index in [0.29, 0.717) is 25.7 Å². The van der Waals surface area contributed by atoms with Crippen LogP contribution in [0.5, 0.6) is 0 Å². The van der Waals surface area contributed by atoms with Gasteiger partial charge in [0.1, 0.15) is 14.0 Å². The molecule has 52 heavy (non-hydrogen) atoms. The summed E-state index contributed by atoms with van der Waals surface area (Å²) in [5, 5.41) is 0. The van der Waals surface area contributed by atoms with Crippen LogP contribution in [0.2, 0.25) is 0 Å². The Morgan fingerprint density at radius 1 is 0.577 bits per heavy atom. The van der Waals surface area contributed by atoms with Crippen molar-refractivity contribution in [1.82, 2.24) is 0 Å². The minimum absolute atomic E-state index is 0.110. The number of methoxy groups -OCH3 is 1. The standard InChI is InChI=1S/C24H48BO22P5/c1-3-4-5-6-11-37-48(26,27)38-12-7-13-39-49(28,29)40-14-8-15-41-50(30,31)42-16-9-17-43-51(32,33)44-18-10-19-45-52(34,35)46-21-23-22(36-2)20-24(25)47-23/h1,22-24H,4-21H2,2H3,(H,26,27)(H,28,29)(H,30,31)(H,32,33)(H,34,35)/p-5. The van der Waals surface area contributed by atoms with Gasteiger partial charge in [0.05, 0.1) is 72.2 Å². The summed E-state index contributed by atoms with van der Waals surface area (Å²) >= 11 is 0. The maximum Gasteiger partial charge on any atom is 0.267 e. The Kier molecular flexibility index (Phi) is 25.2. The monoisotopic (exact) mass is 849 g/mol. The molecule has 8 atom stereocenters. The largest absolute Gasteiger partial charge is 0.756 e. The van der Waals surface area contributed by atoms with Gasteiger partial charge in [-0.05, 0) is 44.9 Å². The summed E-state index contributed by atoms with van der Waals surface area (Å²) in [4.78, 5) is 58.9. The molecule has 0 spiro atoms. The Balaban J connectivity index is 2.09. The van der Waals surface area contributed by atoms with Gasteiger partial charge in [0.25, 0.3) is 39.1 Å². The lowest BCUT2D eigenvalue weighted by atomic mass is 9.96. The van der Waals surface area contributed by atoms with Crippen molar-refractivity contribution < 1.29 is 102 Å². The van der Waals surface area contributed by atoms with Crippen LogP contribution in [0.1, 0.15) is 51.4 Å². The van der Waals surface area contributed by atoms with Crippen LogP contribution in [-0.2, 0) is 77.5 Å². The van der Waals surface area contributed by atoms with E-state index in [-0.39, 0.29) is 32.3 Å². The summed E-state index contributed by atoms with van der Waals surface area (Å²) in [5.41, 5.74) is 0. The van der Waals surface area contributed by atoms with Gasteiger partial charge in [-0.15, -0.1) is 12.3 Å². The molecule has 0 N–H and O–H groups in total. The average Bonchev–Trinajstić information content (AvgIpc) is 3.42. The van der Waals surface area contributed by atoms with Crippen molar-refractivity contribution in [3.05, 3.63) is 0 Å². The predicted octanol–water partition coefficient (Wildman–Crippen LogP) is 0.157. The third-order valence-electron chi connectivity index (χ3n) is 6.04. The number of unbranched alkanes of at least 4 members (excludes halogenated alkanes) is 2. The maximum absolute atomic E-state index is 11.9. The van der Waals surface area contributed by atoms with Crippen molar-refractivity contribution in [2.24, 2.45) is 0 Å². The summed E-state index contributed by atoms with van der Waals surface area (Å²) < 4.78 is 115. The molecule has 0 saturated carbocycles. The van der Waals surface area contributed by atoms with Crippen LogP contribution in [0.4, 0.5) is 0 Å². The van der Waals surface area contributed by atoms with Crippen LogP contribution in [0, 0.1) is 12.3 Å². The van der Waals surface area contributed by atoms with E-state index in [2.05, 4.69) is 46.6 Å². The molecule has 0 aromatic heterocycles. The molecule has 0 amide bonds. The summed E-state index contributed by atoms with van der Waals surface area (Å²) in [5.74, 6) is 2.40. The second kappa shape index (κ2) is 26.1. The normalized spacial score (nSPS) is 23.5. The first-order chi connectivity index (χ1) is 24.3. The van der Waals surface area contributed by atoms with Crippen molar-refractivity contribution in [3.63, 3.8) is 0 Å². The molecule has 0 bridgehead atoms. The third-order valence-corrected chi connectivity index (χ3v) is 11.0. The van der Waals surface area contributed by atoms with Gasteiger partial charge in [0.2, 0.25) is 0 Å². The molecule has 1 aliphatic heterocycles. The lowest BCUT2D eigenvalue weighted by Gasteiger charge is -2.26. The summed E-state index contributed by atoms with van der Waals surface area (Å²) in [6.45, 7) is -4.50. The second-order valence-electron chi connectivity index (χ2n) is 10.3. The lowest BCUT2D eigenvalue weighted by Crippen LogP contribution is -2.29. The first kappa shape index (κ1) is 50.1. The first-order valence-electron chi connectivity index (χ1n) is 15.7. The van der Waals surface area contributed by atoms with E-state index in [9.17, 15) is 47.3 Å². The van der Waals surface area contributed by atoms with Gasteiger partial charge < -0.3 is 79.2 Å².